The molecule has 0 amide bonds. The number of hydrogen-bond acceptors (Lipinski definition) is 5. The normalized spacial score (nSPS) is 11.5. The van der Waals surface area contributed by atoms with E-state index in [-0.39, 0.29) is 11.9 Å². The summed E-state index contributed by atoms with van der Waals surface area (Å²) in [6, 6.07) is 24.3. The molecule has 0 fully saturated rings. The van der Waals surface area contributed by atoms with Crippen LogP contribution in [-0.2, 0) is 9.53 Å². The van der Waals surface area contributed by atoms with E-state index in [0.717, 1.165) is 30.4 Å². The molecule has 3 aromatic rings. The summed E-state index contributed by atoms with van der Waals surface area (Å²) in [6.45, 7) is 4.75. The lowest BCUT2D eigenvalue weighted by Crippen LogP contribution is -2.15. The molecule has 33 heavy (non-hydrogen) atoms. The van der Waals surface area contributed by atoms with Crippen LogP contribution in [0.2, 0.25) is 0 Å². The van der Waals surface area contributed by atoms with Crippen LogP contribution in [0.3, 0.4) is 0 Å². The third kappa shape index (κ3) is 7.49. The molecule has 1 atom stereocenters. The number of unbranched alkanes of at least 4 members (excludes halogenated alkanes) is 1. The van der Waals surface area contributed by atoms with E-state index < -0.39 is 5.97 Å². The highest BCUT2D eigenvalue weighted by atomic mass is 16.5. The summed E-state index contributed by atoms with van der Waals surface area (Å²) >= 11 is 0. The Balaban J connectivity index is 1.40. The molecule has 0 aliphatic heterocycles. The average Bonchev–Trinajstić information content (AvgIpc) is 2.86. The van der Waals surface area contributed by atoms with Crippen molar-refractivity contribution in [2.24, 2.45) is 5.92 Å². The molecule has 5 nitrogen and oxygen atoms in total. The van der Waals surface area contributed by atoms with Gasteiger partial charge in [-0.3, -0.25) is 4.79 Å². The van der Waals surface area contributed by atoms with E-state index in [2.05, 4.69) is 0 Å². The van der Waals surface area contributed by atoms with Gasteiger partial charge >= 0.3 is 11.9 Å². The first-order valence-corrected chi connectivity index (χ1v) is 11.3. The van der Waals surface area contributed by atoms with Gasteiger partial charge in [0.1, 0.15) is 11.5 Å². The van der Waals surface area contributed by atoms with Crippen LogP contribution in [0.1, 0.15) is 43.5 Å². The maximum Gasteiger partial charge on any atom is 0.343 e. The summed E-state index contributed by atoms with van der Waals surface area (Å²) < 4.78 is 16.4. The van der Waals surface area contributed by atoms with E-state index in [1.165, 1.54) is 0 Å². The van der Waals surface area contributed by atoms with E-state index in [4.69, 9.17) is 14.2 Å². The summed E-state index contributed by atoms with van der Waals surface area (Å²) in [5.41, 5.74) is 2.62. The zero-order valence-corrected chi connectivity index (χ0v) is 19.2. The first kappa shape index (κ1) is 24.1. The van der Waals surface area contributed by atoms with E-state index in [1.807, 2.05) is 56.3 Å². The molecular weight excluding hydrogens is 416 g/mol. The smallest absolute Gasteiger partial charge is 0.343 e. The second-order valence-electron chi connectivity index (χ2n) is 7.84. The number of benzene rings is 3. The minimum Gasteiger partial charge on any atom is -0.494 e. The second-order valence-corrected chi connectivity index (χ2v) is 7.84. The monoisotopic (exact) mass is 446 g/mol. The van der Waals surface area contributed by atoms with Gasteiger partial charge in [-0.1, -0.05) is 56.3 Å². The molecule has 3 aromatic carbocycles. The van der Waals surface area contributed by atoms with Crippen molar-refractivity contribution in [1.82, 2.24) is 0 Å². The molecule has 1 unspecified atom stereocenters. The first-order chi connectivity index (χ1) is 16.1. The molecule has 0 saturated heterocycles. The molecular formula is C28H30O5. The Bertz CT molecular complexity index is 1010. The molecule has 0 aliphatic carbocycles. The lowest BCUT2D eigenvalue weighted by Gasteiger charge is -2.10. The Morgan fingerprint density at radius 3 is 2.03 bits per heavy atom. The van der Waals surface area contributed by atoms with Crippen molar-refractivity contribution in [1.29, 1.82) is 0 Å². The Hall–Kier alpha value is -3.60. The highest BCUT2D eigenvalue weighted by Crippen LogP contribution is 2.23. The number of rotatable bonds is 11. The number of carbonyl (C=O) groups excluding carboxylic acids is 2. The summed E-state index contributed by atoms with van der Waals surface area (Å²) in [7, 11) is 0. The lowest BCUT2D eigenvalue weighted by molar-refractivity contribution is -0.148. The Morgan fingerprint density at radius 2 is 1.36 bits per heavy atom. The Labute approximate surface area is 195 Å². The Morgan fingerprint density at radius 1 is 0.758 bits per heavy atom. The maximum atomic E-state index is 12.4. The van der Waals surface area contributed by atoms with Gasteiger partial charge in [0.25, 0.3) is 0 Å². The maximum absolute atomic E-state index is 12.4. The number of carbonyl (C=O) groups is 2. The van der Waals surface area contributed by atoms with Crippen LogP contribution in [0.25, 0.3) is 11.1 Å². The molecule has 0 aliphatic rings. The molecule has 5 heteroatoms. The summed E-state index contributed by atoms with van der Waals surface area (Å²) in [6.07, 6.45) is 2.30. The fourth-order valence-corrected chi connectivity index (χ4v) is 3.08. The van der Waals surface area contributed by atoms with Gasteiger partial charge < -0.3 is 14.2 Å². The van der Waals surface area contributed by atoms with Crippen LogP contribution in [0.5, 0.6) is 11.5 Å². The molecule has 0 heterocycles. The van der Waals surface area contributed by atoms with Gasteiger partial charge in [0.2, 0.25) is 0 Å². The van der Waals surface area contributed by atoms with Crippen molar-refractivity contribution in [3.05, 3.63) is 84.4 Å². The van der Waals surface area contributed by atoms with Crippen LogP contribution >= 0.6 is 0 Å². The number of esters is 2. The minimum atomic E-state index is -0.419. The molecule has 0 saturated carbocycles. The fraction of sp³-hybridized carbons (Fsp3) is 0.286. The van der Waals surface area contributed by atoms with E-state index in [1.54, 1.807) is 36.4 Å². The lowest BCUT2D eigenvalue weighted by atomic mass is 10.1. The largest absolute Gasteiger partial charge is 0.494 e. The molecule has 0 aromatic heterocycles. The van der Waals surface area contributed by atoms with Crippen molar-refractivity contribution < 1.29 is 23.8 Å². The zero-order valence-electron chi connectivity index (χ0n) is 19.2. The third-order valence-corrected chi connectivity index (χ3v) is 5.33. The van der Waals surface area contributed by atoms with Crippen molar-refractivity contribution in [3.63, 3.8) is 0 Å². The SMILES string of the molecule is CCC(C)C(=O)OCCCCOc1ccc(C(=O)Oc2ccc(-c3ccccc3)cc2)cc1. The summed E-state index contributed by atoms with van der Waals surface area (Å²) in [5.74, 6) is 0.551. The van der Waals surface area contributed by atoms with Crippen LogP contribution < -0.4 is 9.47 Å². The van der Waals surface area contributed by atoms with Crippen molar-refractivity contribution in [3.8, 4) is 22.6 Å². The molecule has 3 rings (SSSR count). The molecule has 0 bridgehead atoms. The van der Waals surface area contributed by atoms with Crippen LogP contribution in [0.15, 0.2) is 78.9 Å². The third-order valence-electron chi connectivity index (χ3n) is 5.33. The number of hydrogen-bond donors (Lipinski definition) is 0. The van der Waals surface area contributed by atoms with Crippen LogP contribution in [-0.4, -0.2) is 25.2 Å². The van der Waals surface area contributed by atoms with Gasteiger partial charge in [-0.15, -0.1) is 0 Å². The molecule has 0 spiro atoms. The van der Waals surface area contributed by atoms with E-state index in [0.29, 0.717) is 30.3 Å². The highest BCUT2D eigenvalue weighted by Gasteiger charge is 2.11. The van der Waals surface area contributed by atoms with Crippen LogP contribution in [0.4, 0.5) is 0 Å². The average molecular weight is 447 g/mol. The first-order valence-electron chi connectivity index (χ1n) is 11.3. The predicted molar refractivity (Wildman–Crippen MR) is 128 cm³/mol. The van der Waals surface area contributed by atoms with Gasteiger partial charge in [-0.25, -0.2) is 4.79 Å². The number of ether oxygens (including phenoxy) is 3. The van der Waals surface area contributed by atoms with Gasteiger partial charge in [0, 0.05) is 0 Å². The van der Waals surface area contributed by atoms with Gasteiger partial charge in [0.05, 0.1) is 24.7 Å². The van der Waals surface area contributed by atoms with Gasteiger partial charge in [-0.2, -0.15) is 0 Å². The van der Waals surface area contributed by atoms with Gasteiger partial charge in [-0.05, 0) is 66.8 Å². The van der Waals surface area contributed by atoms with Gasteiger partial charge in [0.15, 0.2) is 0 Å². The van der Waals surface area contributed by atoms with Crippen molar-refractivity contribution >= 4 is 11.9 Å². The quantitative estimate of drug-likeness (QED) is 0.196. The second kappa shape index (κ2) is 12.4. The van der Waals surface area contributed by atoms with E-state index >= 15 is 0 Å². The topological polar surface area (TPSA) is 61.8 Å². The zero-order chi connectivity index (χ0) is 23.5. The minimum absolute atomic E-state index is 0.0555. The summed E-state index contributed by atoms with van der Waals surface area (Å²) in [5, 5.41) is 0. The highest BCUT2D eigenvalue weighted by molar-refractivity contribution is 5.91. The summed E-state index contributed by atoms with van der Waals surface area (Å²) in [4.78, 5) is 24.0. The van der Waals surface area contributed by atoms with Crippen LogP contribution in [0, 0.1) is 5.92 Å². The van der Waals surface area contributed by atoms with Crippen molar-refractivity contribution in [2.45, 2.75) is 33.1 Å². The molecule has 172 valence electrons. The molecule has 0 N–H and O–H groups in total. The fourth-order valence-electron chi connectivity index (χ4n) is 3.08. The van der Waals surface area contributed by atoms with E-state index in [9.17, 15) is 9.59 Å². The Kier molecular flexibility index (Phi) is 9.07. The standard InChI is InChI=1S/C28H30O5/c1-3-21(2)27(29)32-20-8-7-19-31-25-15-13-24(14-16-25)28(30)33-26-17-11-23(12-18-26)22-9-5-4-6-10-22/h4-6,9-18,21H,3,7-8,19-20H2,1-2H3. The van der Waals surface area contributed by atoms with Crippen molar-refractivity contribution in [2.75, 3.05) is 13.2 Å². The molecule has 0 radical (unpaired) electrons. The predicted octanol–water partition coefficient (Wildman–Crippen LogP) is 6.32.